The monoisotopic (exact) mass is 384 g/mol. The summed E-state index contributed by atoms with van der Waals surface area (Å²) < 4.78 is 10.9. The summed E-state index contributed by atoms with van der Waals surface area (Å²) in [5, 5.41) is 0. The second kappa shape index (κ2) is 9.32. The molecule has 2 aliphatic rings. The van der Waals surface area contributed by atoms with E-state index in [-0.39, 0.29) is 29.9 Å². The van der Waals surface area contributed by atoms with Gasteiger partial charge in [0.15, 0.2) is 0 Å². The summed E-state index contributed by atoms with van der Waals surface area (Å²) in [7, 11) is 7.68. The van der Waals surface area contributed by atoms with Crippen LogP contribution in [0.3, 0.4) is 0 Å². The molecule has 0 unspecified atom stereocenters. The van der Waals surface area contributed by atoms with Gasteiger partial charge in [-0.25, -0.2) is 0 Å². The lowest BCUT2D eigenvalue weighted by molar-refractivity contribution is -0.134. The Hall–Kier alpha value is -1.22. The molecule has 0 aliphatic carbocycles. The van der Waals surface area contributed by atoms with E-state index in [4.69, 9.17) is 9.47 Å². The van der Waals surface area contributed by atoms with E-state index in [1.54, 1.807) is 7.11 Å². The van der Waals surface area contributed by atoms with Gasteiger partial charge in [0, 0.05) is 50.8 Å². The van der Waals surface area contributed by atoms with Gasteiger partial charge in [-0.15, -0.1) is 0 Å². The lowest BCUT2D eigenvalue weighted by Gasteiger charge is -2.38. The van der Waals surface area contributed by atoms with Crippen molar-refractivity contribution in [3.05, 3.63) is 0 Å². The standard InChI is InChI=1S/C19H36N4O4/c1-15(2)21(5)10-17(24)23-9-16(20(3)4)19(13-23)12-22(7-8-26-6)18(25)11-27-14-19/h15-16H,7-14H2,1-6H3/t16-,19-/m1/s1. The molecule has 2 rings (SSSR count). The SMILES string of the molecule is COCCN1C[C@]2(COCC1=O)CN(C(=O)CN(C)C(C)C)C[C@H]2N(C)C. The Labute approximate surface area is 163 Å². The van der Waals surface area contributed by atoms with E-state index in [2.05, 4.69) is 23.6 Å². The summed E-state index contributed by atoms with van der Waals surface area (Å²) in [6.07, 6.45) is 0. The molecule has 0 aromatic carbocycles. The maximum Gasteiger partial charge on any atom is 0.248 e. The molecule has 2 fully saturated rings. The molecule has 8 heteroatoms. The lowest BCUT2D eigenvalue weighted by Crippen LogP contribution is -2.52. The summed E-state index contributed by atoms with van der Waals surface area (Å²) in [5.41, 5.74) is -0.282. The largest absolute Gasteiger partial charge is 0.383 e. The highest BCUT2D eigenvalue weighted by molar-refractivity contribution is 5.79. The van der Waals surface area contributed by atoms with Crippen LogP contribution in [0.25, 0.3) is 0 Å². The lowest BCUT2D eigenvalue weighted by atomic mass is 9.82. The number of nitrogens with zero attached hydrogens (tertiary/aromatic N) is 4. The van der Waals surface area contributed by atoms with E-state index in [0.717, 1.165) is 0 Å². The van der Waals surface area contributed by atoms with Crippen LogP contribution in [0.4, 0.5) is 0 Å². The smallest absolute Gasteiger partial charge is 0.248 e. The third kappa shape index (κ3) is 5.19. The Kier molecular flexibility index (Phi) is 7.62. The number of ether oxygens (including phenoxy) is 2. The molecule has 156 valence electrons. The number of hydrogen-bond acceptors (Lipinski definition) is 6. The molecule has 2 atom stereocenters. The molecule has 0 aromatic heterocycles. The van der Waals surface area contributed by atoms with Gasteiger partial charge < -0.3 is 24.2 Å². The predicted molar refractivity (Wildman–Crippen MR) is 104 cm³/mol. The molecule has 2 aliphatic heterocycles. The Morgan fingerprint density at radius 2 is 2.04 bits per heavy atom. The van der Waals surface area contributed by atoms with Gasteiger partial charge in [-0.3, -0.25) is 14.5 Å². The first-order valence-corrected chi connectivity index (χ1v) is 9.69. The zero-order valence-electron chi connectivity index (χ0n) is 17.7. The van der Waals surface area contributed by atoms with Crippen molar-refractivity contribution in [2.75, 3.05) is 80.8 Å². The average molecular weight is 385 g/mol. The molecule has 8 nitrogen and oxygen atoms in total. The predicted octanol–water partition coefficient (Wildman–Crippen LogP) is -0.409. The van der Waals surface area contributed by atoms with Crippen molar-refractivity contribution in [2.45, 2.75) is 25.9 Å². The minimum Gasteiger partial charge on any atom is -0.383 e. The molecule has 0 N–H and O–H groups in total. The summed E-state index contributed by atoms with van der Waals surface area (Å²) in [6, 6.07) is 0.459. The van der Waals surface area contributed by atoms with Crippen LogP contribution >= 0.6 is 0 Å². The van der Waals surface area contributed by atoms with Crippen LogP contribution in [-0.4, -0.2) is 124 Å². The van der Waals surface area contributed by atoms with E-state index in [1.165, 1.54) is 0 Å². The van der Waals surface area contributed by atoms with Gasteiger partial charge in [0.25, 0.3) is 0 Å². The molecule has 0 saturated carbocycles. The van der Waals surface area contributed by atoms with Crippen LogP contribution in [0.2, 0.25) is 0 Å². The molecule has 27 heavy (non-hydrogen) atoms. The summed E-state index contributed by atoms with van der Waals surface area (Å²) in [6.45, 7) is 8.04. The fraction of sp³-hybridized carbons (Fsp3) is 0.895. The van der Waals surface area contributed by atoms with Crippen molar-refractivity contribution in [2.24, 2.45) is 5.41 Å². The molecule has 1 spiro atoms. The van der Waals surface area contributed by atoms with Crippen LogP contribution in [0, 0.1) is 5.41 Å². The summed E-state index contributed by atoms with van der Waals surface area (Å²) in [4.78, 5) is 33.3. The maximum absolute atomic E-state index is 12.9. The average Bonchev–Trinajstić information content (AvgIpc) is 2.90. The van der Waals surface area contributed by atoms with Crippen LogP contribution < -0.4 is 0 Å². The Balaban J connectivity index is 2.18. The third-order valence-corrected chi connectivity index (χ3v) is 5.89. The van der Waals surface area contributed by atoms with Crippen molar-refractivity contribution in [1.82, 2.24) is 19.6 Å². The minimum absolute atomic E-state index is 0.00857. The molecular formula is C19H36N4O4. The number of likely N-dealkylation sites (N-methyl/N-ethyl adjacent to an activating group) is 2. The van der Waals surface area contributed by atoms with Crippen LogP contribution in [0.5, 0.6) is 0 Å². The molecular weight excluding hydrogens is 348 g/mol. The summed E-state index contributed by atoms with van der Waals surface area (Å²) in [5.74, 6) is 0.125. The van der Waals surface area contributed by atoms with E-state index >= 15 is 0 Å². The molecule has 2 saturated heterocycles. The van der Waals surface area contributed by atoms with Crippen LogP contribution in [-0.2, 0) is 19.1 Å². The normalized spacial score (nSPS) is 26.7. The Bertz CT molecular complexity index is 528. The van der Waals surface area contributed by atoms with Crippen molar-refractivity contribution >= 4 is 11.8 Å². The highest BCUT2D eigenvalue weighted by Gasteiger charge is 2.51. The first-order chi connectivity index (χ1) is 12.7. The van der Waals surface area contributed by atoms with Crippen LogP contribution in [0.1, 0.15) is 13.8 Å². The van der Waals surface area contributed by atoms with Crippen molar-refractivity contribution < 1.29 is 19.1 Å². The fourth-order valence-electron chi connectivity index (χ4n) is 4.00. The van der Waals surface area contributed by atoms with Gasteiger partial charge >= 0.3 is 0 Å². The Morgan fingerprint density at radius 3 is 2.63 bits per heavy atom. The quantitative estimate of drug-likeness (QED) is 0.595. The topological polar surface area (TPSA) is 65.6 Å². The van der Waals surface area contributed by atoms with Crippen molar-refractivity contribution in [1.29, 1.82) is 0 Å². The van der Waals surface area contributed by atoms with Crippen LogP contribution in [0.15, 0.2) is 0 Å². The van der Waals surface area contributed by atoms with E-state index in [1.807, 2.05) is 30.9 Å². The Morgan fingerprint density at radius 1 is 1.33 bits per heavy atom. The van der Waals surface area contributed by atoms with Crippen molar-refractivity contribution in [3.63, 3.8) is 0 Å². The van der Waals surface area contributed by atoms with E-state index < -0.39 is 0 Å². The number of hydrogen-bond donors (Lipinski definition) is 0. The molecule has 0 radical (unpaired) electrons. The van der Waals surface area contributed by atoms with Gasteiger partial charge in [0.05, 0.1) is 19.8 Å². The van der Waals surface area contributed by atoms with Gasteiger partial charge in [-0.05, 0) is 35.0 Å². The molecule has 0 bridgehead atoms. The highest BCUT2D eigenvalue weighted by Crippen LogP contribution is 2.36. The maximum atomic E-state index is 12.9. The number of amides is 2. The number of likely N-dealkylation sites (tertiary alicyclic amines) is 1. The van der Waals surface area contributed by atoms with Gasteiger partial charge in [0.2, 0.25) is 11.8 Å². The fourth-order valence-corrected chi connectivity index (χ4v) is 4.00. The second-order valence-corrected chi connectivity index (χ2v) is 8.43. The molecule has 2 amide bonds. The van der Waals surface area contributed by atoms with Crippen molar-refractivity contribution in [3.8, 4) is 0 Å². The summed E-state index contributed by atoms with van der Waals surface area (Å²) >= 11 is 0. The highest BCUT2D eigenvalue weighted by atomic mass is 16.5. The van der Waals surface area contributed by atoms with E-state index in [9.17, 15) is 9.59 Å². The van der Waals surface area contributed by atoms with E-state index in [0.29, 0.717) is 52.0 Å². The van der Waals surface area contributed by atoms with Gasteiger partial charge in [0.1, 0.15) is 6.61 Å². The minimum atomic E-state index is -0.282. The third-order valence-electron chi connectivity index (χ3n) is 5.89. The first kappa shape index (κ1) is 22.1. The number of methoxy groups -OCH3 is 1. The number of carbonyl (C=O) groups is 2. The zero-order chi connectivity index (χ0) is 20.2. The first-order valence-electron chi connectivity index (χ1n) is 9.69. The molecule has 0 aromatic rings. The number of carbonyl (C=O) groups excluding carboxylic acids is 2. The van der Waals surface area contributed by atoms with Gasteiger partial charge in [-0.2, -0.15) is 0 Å². The zero-order valence-corrected chi connectivity index (χ0v) is 17.7. The second-order valence-electron chi connectivity index (χ2n) is 8.43. The number of rotatable bonds is 7. The van der Waals surface area contributed by atoms with Gasteiger partial charge in [-0.1, -0.05) is 0 Å². The molecule has 2 heterocycles.